The lowest BCUT2D eigenvalue weighted by Crippen LogP contribution is -2.27. The van der Waals surface area contributed by atoms with E-state index in [0.29, 0.717) is 5.41 Å². The lowest BCUT2D eigenvalue weighted by Gasteiger charge is -2.26. The van der Waals surface area contributed by atoms with E-state index in [1.165, 1.54) is 0 Å². The molecule has 1 saturated heterocycles. The fraction of sp³-hybridized carbons (Fsp3) is 1.00. The van der Waals surface area contributed by atoms with Crippen molar-refractivity contribution < 1.29 is 9.47 Å². The fourth-order valence-corrected chi connectivity index (χ4v) is 1.30. The van der Waals surface area contributed by atoms with E-state index >= 15 is 0 Å². The molecule has 1 aliphatic rings. The first-order valence-electron chi connectivity index (χ1n) is 4.69. The molecule has 0 atom stereocenters. The highest BCUT2D eigenvalue weighted by Gasteiger charge is 2.31. The monoisotopic (exact) mass is 172 g/mol. The summed E-state index contributed by atoms with van der Waals surface area (Å²) >= 11 is 0. The molecule has 1 rings (SSSR count). The Labute approximate surface area is 75.2 Å². The van der Waals surface area contributed by atoms with Crippen molar-refractivity contribution in [2.75, 3.05) is 13.2 Å². The van der Waals surface area contributed by atoms with Crippen molar-refractivity contribution in [3.8, 4) is 0 Å². The summed E-state index contributed by atoms with van der Waals surface area (Å²) < 4.78 is 11.0. The topological polar surface area (TPSA) is 18.5 Å². The van der Waals surface area contributed by atoms with Crippen LogP contribution in [0.3, 0.4) is 0 Å². The quantitative estimate of drug-likeness (QED) is 0.637. The average molecular weight is 172 g/mol. The maximum atomic E-state index is 5.51. The second kappa shape index (κ2) is 3.35. The molecule has 0 aromatic heterocycles. The highest BCUT2D eigenvalue weighted by atomic mass is 16.7. The van der Waals surface area contributed by atoms with Crippen LogP contribution in [0.2, 0.25) is 0 Å². The summed E-state index contributed by atoms with van der Waals surface area (Å²) in [6.07, 6.45) is 2.14. The Morgan fingerprint density at radius 2 is 1.67 bits per heavy atom. The number of hydrogen-bond donors (Lipinski definition) is 0. The van der Waals surface area contributed by atoms with Crippen molar-refractivity contribution in [2.45, 2.75) is 46.3 Å². The number of rotatable bonds is 2. The molecule has 0 radical (unpaired) electrons. The molecule has 2 nitrogen and oxygen atoms in total. The van der Waals surface area contributed by atoms with E-state index in [4.69, 9.17) is 9.47 Å². The van der Waals surface area contributed by atoms with Gasteiger partial charge in [0.15, 0.2) is 5.79 Å². The Morgan fingerprint density at radius 1 is 1.17 bits per heavy atom. The minimum atomic E-state index is -0.298. The Kier molecular flexibility index (Phi) is 2.79. The van der Waals surface area contributed by atoms with Crippen LogP contribution in [-0.2, 0) is 9.47 Å². The maximum Gasteiger partial charge on any atom is 0.165 e. The number of ether oxygens (including phenoxy) is 2. The lowest BCUT2D eigenvalue weighted by atomic mass is 9.89. The van der Waals surface area contributed by atoms with E-state index in [1.54, 1.807) is 0 Å². The molecular weight excluding hydrogens is 152 g/mol. The Morgan fingerprint density at radius 3 is 2.08 bits per heavy atom. The molecule has 12 heavy (non-hydrogen) atoms. The van der Waals surface area contributed by atoms with Crippen molar-refractivity contribution >= 4 is 0 Å². The van der Waals surface area contributed by atoms with Gasteiger partial charge in [-0.3, -0.25) is 0 Å². The predicted molar refractivity (Wildman–Crippen MR) is 49.0 cm³/mol. The van der Waals surface area contributed by atoms with Crippen LogP contribution in [-0.4, -0.2) is 19.0 Å². The first-order chi connectivity index (χ1) is 5.41. The summed E-state index contributed by atoms with van der Waals surface area (Å²) in [6.45, 7) is 10.3. The molecule has 0 aromatic carbocycles. The van der Waals surface area contributed by atoms with E-state index < -0.39 is 0 Å². The zero-order chi connectivity index (χ0) is 9.24. The summed E-state index contributed by atoms with van der Waals surface area (Å²) in [7, 11) is 0. The molecule has 0 aliphatic carbocycles. The van der Waals surface area contributed by atoms with Gasteiger partial charge in [0.2, 0.25) is 0 Å². The minimum Gasteiger partial charge on any atom is -0.348 e. The Bertz CT molecular complexity index is 140. The van der Waals surface area contributed by atoms with Crippen LogP contribution in [0.4, 0.5) is 0 Å². The van der Waals surface area contributed by atoms with Gasteiger partial charge < -0.3 is 9.47 Å². The Hall–Kier alpha value is -0.0800. The smallest absolute Gasteiger partial charge is 0.165 e. The van der Waals surface area contributed by atoms with Crippen LogP contribution in [0.5, 0.6) is 0 Å². The van der Waals surface area contributed by atoms with E-state index in [-0.39, 0.29) is 5.79 Å². The van der Waals surface area contributed by atoms with Crippen molar-refractivity contribution in [2.24, 2.45) is 5.41 Å². The molecule has 0 unspecified atom stereocenters. The summed E-state index contributed by atoms with van der Waals surface area (Å²) in [6, 6.07) is 0. The van der Waals surface area contributed by atoms with Gasteiger partial charge in [0, 0.05) is 6.42 Å². The van der Waals surface area contributed by atoms with Gasteiger partial charge in [-0.2, -0.15) is 0 Å². The fourth-order valence-electron chi connectivity index (χ4n) is 1.30. The Balaban J connectivity index is 2.30. The normalized spacial score (nSPS) is 23.0. The second-order valence-electron chi connectivity index (χ2n) is 4.89. The summed E-state index contributed by atoms with van der Waals surface area (Å²) in [5.41, 5.74) is 0.373. The molecule has 0 bridgehead atoms. The molecule has 72 valence electrons. The van der Waals surface area contributed by atoms with Crippen LogP contribution >= 0.6 is 0 Å². The van der Waals surface area contributed by atoms with Gasteiger partial charge in [0.25, 0.3) is 0 Å². The molecule has 1 heterocycles. The summed E-state index contributed by atoms with van der Waals surface area (Å²) in [4.78, 5) is 0. The molecular formula is C10H20O2. The highest BCUT2D eigenvalue weighted by molar-refractivity contribution is 4.72. The molecule has 1 fully saturated rings. The molecule has 0 N–H and O–H groups in total. The van der Waals surface area contributed by atoms with E-state index in [0.717, 1.165) is 26.1 Å². The second-order valence-corrected chi connectivity index (χ2v) is 4.89. The number of hydrogen-bond acceptors (Lipinski definition) is 2. The highest BCUT2D eigenvalue weighted by Crippen LogP contribution is 2.30. The summed E-state index contributed by atoms with van der Waals surface area (Å²) in [5.74, 6) is -0.298. The van der Waals surface area contributed by atoms with Gasteiger partial charge in [-0.05, 0) is 18.8 Å². The molecule has 2 heteroatoms. The van der Waals surface area contributed by atoms with Crippen LogP contribution in [0.15, 0.2) is 0 Å². The first kappa shape index (κ1) is 10.0. The van der Waals surface area contributed by atoms with Gasteiger partial charge in [-0.25, -0.2) is 0 Å². The molecule has 0 spiro atoms. The van der Waals surface area contributed by atoms with Gasteiger partial charge in [0.05, 0.1) is 13.2 Å². The van der Waals surface area contributed by atoms with E-state index in [9.17, 15) is 0 Å². The van der Waals surface area contributed by atoms with Crippen LogP contribution in [0, 0.1) is 5.41 Å². The van der Waals surface area contributed by atoms with Gasteiger partial charge in [-0.1, -0.05) is 20.8 Å². The third-order valence-corrected chi connectivity index (χ3v) is 2.23. The zero-order valence-corrected chi connectivity index (χ0v) is 8.64. The van der Waals surface area contributed by atoms with Gasteiger partial charge >= 0.3 is 0 Å². The first-order valence-corrected chi connectivity index (χ1v) is 4.69. The van der Waals surface area contributed by atoms with E-state index in [1.807, 2.05) is 6.92 Å². The molecule has 0 aromatic rings. The average Bonchev–Trinajstić information content (AvgIpc) is 2.32. The van der Waals surface area contributed by atoms with Crippen molar-refractivity contribution in [1.82, 2.24) is 0 Å². The van der Waals surface area contributed by atoms with E-state index in [2.05, 4.69) is 20.8 Å². The molecule has 0 saturated carbocycles. The van der Waals surface area contributed by atoms with Gasteiger partial charge in [-0.15, -0.1) is 0 Å². The van der Waals surface area contributed by atoms with Crippen LogP contribution in [0.1, 0.15) is 40.5 Å². The SMILES string of the molecule is CC(C)(C)CCC1(C)OCCO1. The maximum absolute atomic E-state index is 5.51. The largest absolute Gasteiger partial charge is 0.348 e. The van der Waals surface area contributed by atoms with Crippen molar-refractivity contribution in [3.63, 3.8) is 0 Å². The third-order valence-electron chi connectivity index (χ3n) is 2.23. The lowest BCUT2D eigenvalue weighted by molar-refractivity contribution is -0.150. The molecule has 1 aliphatic heterocycles. The standard InChI is InChI=1S/C10H20O2/c1-9(2,3)5-6-10(4)11-7-8-12-10/h5-8H2,1-4H3. The predicted octanol–water partition coefficient (Wildman–Crippen LogP) is 2.58. The molecule has 0 amide bonds. The third kappa shape index (κ3) is 3.11. The van der Waals surface area contributed by atoms with Crippen LogP contribution < -0.4 is 0 Å². The van der Waals surface area contributed by atoms with Crippen LogP contribution in [0.25, 0.3) is 0 Å². The van der Waals surface area contributed by atoms with Crippen molar-refractivity contribution in [3.05, 3.63) is 0 Å². The van der Waals surface area contributed by atoms with Gasteiger partial charge in [0.1, 0.15) is 0 Å². The minimum absolute atomic E-state index is 0.298. The zero-order valence-electron chi connectivity index (χ0n) is 8.64. The summed E-state index contributed by atoms with van der Waals surface area (Å²) in [5, 5.41) is 0. The van der Waals surface area contributed by atoms with Crippen molar-refractivity contribution in [1.29, 1.82) is 0 Å².